The highest BCUT2D eigenvalue weighted by atomic mass is 32.2. The van der Waals surface area contributed by atoms with Crippen LogP contribution in [0.25, 0.3) is 0 Å². The van der Waals surface area contributed by atoms with E-state index >= 15 is 0 Å². The van der Waals surface area contributed by atoms with E-state index < -0.39 is 10.0 Å². The number of carbonyl (C=O) groups is 1. The third-order valence-electron chi connectivity index (χ3n) is 3.79. The number of nitrogens with one attached hydrogen (secondary N) is 1. The number of methoxy groups -OCH3 is 1. The van der Waals surface area contributed by atoms with E-state index in [-0.39, 0.29) is 16.8 Å². The number of anilines is 1. The Labute approximate surface area is 131 Å². The van der Waals surface area contributed by atoms with Gasteiger partial charge in [0, 0.05) is 19.0 Å². The maximum Gasteiger partial charge on any atom is 0.240 e. The van der Waals surface area contributed by atoms with Gasteiger partial charge in [0.05, 0.1) is 17.7 Å². The van der Waals surface area contributed by atoms with Gasteiger partial charge >= 0.3 is 0 Å². The first-order valence-corrected chi connectivity index (χ1v) is 8.88. The van der Waals surface area contributed by atoms with Gasteiger partial charge in [-0.3, -0.25) is 4.79 Å². The largest absolute Gasteiger partial charge is 0.495 e. The molecule has 0 spiro atoms. The second kappa shape index (κ2) is 6.66. The normalized spacial score (nSPS) is 16.9. The number of nitrogens with zero attached hydrogens (tertiary/aromatic N) is 1. The van der Waals surface area contributed by atoms with Crippen LogP contribution in [0, 0.1) is 0 Å². The van der Waals surface area contributed by atoms with E-state index in [1.807, 2.05) is 13.8 Å². The minimum absolute atomic E-state index is 0.0114. The number of amides is 1. The molecule has 0 bridgehead atoms. The molecule has 0 aromatic heterocycles. The molecule has 1 aliphatic heterocycles. The molecule has 1 heterocycles. The van der Waals surface area contributed by atoms with Crippen LogP contribution in [0.4, 0.5) is 5.69 Å². The first-order chi connectivity index (χ1) is 10.4. The van der Waals surface area contributed by atoms with Gasteiger partial charge in [0.15, 0.2) is 0 Å². The third kappa shape index (κ3) is 3.41. The average Bonchev–Trinajstić information content (AvgIpc) is 2.92. The molecule has 1 amide bonds. The van der Waals surface area contributed by atoms with Gasteiger partial charge in [0.25, 0.3) is 0 Å². The molecule has 122 valence electrons. The summed E-state index contributed by atoms with van der Waals surface area (Å²) in [7, 11) is -2.10. The highest BCUT2D eigenvalue weighted by Gasteiger charge is 2.26. The number of hydrogen-bond donors (Lipinski definition) is 1. The SMILES string of the molecule is CC[C@H](C)NS(=O)(=O)c1ccc(OC)c(N2CCCC2=O)c1. The molecule has 0 unspecified atom stereocenters. The summed E-state index contributed by atoms with van der Waals surface area (Å²) in [5.74, 6) is 0.487. The second-order valence-corrected chi connectivity index (χ2v) is 7.13. The van der Waals surface area contributed by atoms with Crippen LogP contribution in [-0.4, -0.2) is 34.0 Å². The molecule has 1 aromatic carbocycles. The van der Waals surface area contributed by atoms with Crippen molar-refractivity contribution in [2.24, 2.45) is 0 Å². The lowest BCUT2D eigenvalue weighted by Gasteiger charge is -2.20. The Kier molecular flexibility index (Phi) is 5.08. The fourth-order valence-corrected chi connectivity index (χ4v) is 3.71. The van der Waals surface area contributed by atoms with Crippen molar-refractivity contribution in [1.82, 2.24) is 4.72 Å². The minimum atomic E-state index is -3.61. The van der Waals surface area contributed by atoms with Crippen molar-refractivity contribution in [3.8, 4) is 5.75 Å². The summed E-state index contributed by atoms with van der Waals surface area (Å²) in [6.07, 6.45) is 1.95. The number of carbonyl (C=O) groups excluding carboxylic acids is 1. The number of ether oxygens (including phenoxy) is 1. The molecule has 22 heavy (non-hydrogen) atoms. The van der Waals surface area contributed by atoms with E-state index in [1.54, 1.807) is 11.0 Å². The van der Waals surface area contributed by atoms with Crippen molar-refractivity contribution in [1.29, 1.82) is 0 Å². The molecule has 6 nitrogen and oxygen atoms in total. The van der Waals surface area contributed by atoms with Crippen LogP contribution >= 0.6 is 0 Å². The number of benzene rings is 1. The van der Waals surface area contributed by atoms with E-state index in [1.165, 1.54) is 19.2 Å². The Balaban J connectivity index is 2.41. The summed E-state index contributed by atoms with van der Waals surface area (Å²) < 4.78 is 32.7. The van der Waals surface area contributed by atoms with Crippen molar-refractivity contribution < 1.29 is 17.9 Å². The lowest BCUT2D eigenvalue weighted by Crippen LogP contribution is -2.32. The van der Waals surface area contributed by atoms with Crippen molar-refractivity contribution >= 4 is 21.6 Å². The zero-order valence-electron chi connectivity index (χ0n) is 13.1. The Bertz CT molecular complexity index is 658. The van der Waals surface area contributed by atoms with Gasteiger partial charge in [-0.2, -0.15) is 0 Å². The van der Waals surface area contributed by atoms with E-state index in [2.05, 4.69) is 4.72 Å². The maximum atomic E-state index is 12.4. The van der Waals surface area contributed by atoms with E-state index in [4.69, 9.17) is 4.74 Å². The van der Waals surface area contributed by atoms with Crippen molar-refractivity contribution in [3.05, 3.63) is 18.2 Å². The Morgan fingerprint density at radius 3 is 2.68 bits per heavy atom. The maximum absolute atomic E-state index is 12.4. The van der Waals surface area contributed by atoms with Gasteiger partial charge in [-0.25, -0.2) is 13.1 Å². The van der Waals surface area contributed by atoms with Gasteiger partial charge in [-0.1, -0.05) is 6.92 Å². The highest BCUT2D eigenvalue weighted by molar-refractivity contribution is 7.89. The molecule has 1 saturated heterocycles. The predicted octanol–water partition coefficient (Wildman–Crippen LogP) is 1.90. The lowest BCUT2D eigenvalue weighted by molar-refractivity contribution is -0.117. The molecular formula is C15H22N2O4S. The van der Waals surface area contributed by atoms with Crippen molar-refractivity contribution in [2.45, 2.75) is 44.0 Å². The summed E-state index contributed by atoms with van der Waals surface area (Å²) in [6.45, 7) is 4.30. The topological polar surface area (TPSA) is 75.7 Å². The Hall–Kier alpha value is -1.60. The first kappa shape index (κ1) is 16.8. The van der Waals surface area contributed by atoms with Crippen LogP contribution in [-0.2, 0) is 14.8 Å². The molecule has 1 fully saturated rings. The zero-order valence-corrected chi connectivity index (χ0v) is 13.9. The van der Waals surface area contributed by atoms with Crippen LogP contribution in [0.1, 0.15) is 33.1 Å². The lowest BCUT2D eigenvalue weighted by atomic mass is 10.2. The molecule has 1 N–H and O–H groups in total. The van der Waals surface area contributed by atoms with Crippen LogP contribution in [0.15, 0.2) is 23.1 Å². The monoisotopic (exact) mass is 326 g/mol. The second-order valence-electron chi connectivity index (χ2n) is 5.41. The number of rotatable bonds is 6. The molecule has 1 aliphatic rings. The van der Waals surface area contributed by atoms with Crippen LogP contribution in [0.2, 0.25) is 0 Å². The summed E-state index contributed by atoms with van der Waals surface area (Å²) in [4.78, 5) is 13.7. The van der Waals surface area contributed by atoms with E-state index in [9.17, 15) is 13.2 Å². The van der Waals surface area contributed by atoms with Gasteiger partial charge in [0.2, 0.25) is 15.9 Å². The molecule has 0 saturated carbocycles. The summed E-state index contributed by atoms with van der Waals surface area (Å²) in [5.41, 5.74) is 0.511. The van der Waals surface area contributed by atoms with Crippen LogP contribution in [0.5, 0.6) is 5.75 Å². The predicted molar refractivity (Wildman–Crippen MR) is 84.7 cm³/mol. The van der Waals surface area contributed by atoms with Gasteiger partial charge < -0.3 is 9.64 Å². The van der Waals surface area contributed by atoms with Crippen molar-refractivity contribution in [2.75, 3.05) is 18.6 Å². The molecule has 2 rings (SSSR count). The quantitative estimate of drug-likeness (QED) is 0.866. The fraction of sp³-hybridized carbons (Fsp3) is 0.533. The molecule has 0 aliphatic carbocycles. The zero-order chi connectivity index (χ0) is 16.3. The standard InChI is InChI=1S/C15H22N2O4S/c1-4-11(2)16-22(19,20)12-7-8-14(21-3)13(10-12)17-9-5-6-15(17)18/h7-8,10-11,16H,4-6,9H2,1-3H3/t11-/m0/s1. The van der Waals surface area contributed by atoms with Gasteiger partial charge in [0.1, 0.15) is 5.75 Å². The molecule has 1 aromatic rings. The minimum Gasteiger partial charge on any atom is -0.495 e. The first-order valence-electron chi connectivity index (χ1n) is 7.39. The Morgan fingerprint density at radius 2 is 2.14 bits per heavy atom. The third-order valence-corrected chi connectivity index (χ3v) is 5.38. The molecule has 7 heteroatoms. The molecule has 1 atom stereocenters. The smallest absolute Gasteiger partial charge is 0.240 e. The summed E-state index contributed by atoms with van der Waals surface area (Å²) in [5, 5.41) is 0. The number of sulfonamides is 1. The highest BCUT2D eigenvalue weighted by Crippen LogP contribution is 2.33. The van der Waals surface area contributed by atoms with Crippen LogP contribution < -0.4 is 14.4 Å². The van der Waals surface area contributed by atoms with Gasteiger partial charge in [-0.15, -0.1) is 0 Å². The summed E-state index contributed by atoms with van der Waals surface area (Å²) in [6, 6.07) is 4.44. The van der Waals surface area contributed by atoms with E-state index in [0.29, 0.717) is 30.8 Å². The molecular weight excluding hydrogens is 304 g/mol. The fourth-order valence-electron chi connectivity index (χ4n) is 2.37. The van der Waals surface area contributed by atoms with Gasteiger partial charge in [-0.05, 0) is 38.0 Å². The summed E-state index contributed by atoms with van der Waals surface area (Å²) >= 11 is 0. The van der Waals surface area contributed by atoms with Crippen LogP contribution in [0.3, 0.4) is 0 Å². The van der Waals surface area contributed by atoms with Crippen molar-refractivity contribution in [3.63, 3.8) is 0 Å². The van der Waals surface area contributed by atoms with E-state index in [0.717, 1.165) is 6.42 Å². The molecule has 0 radical (unpaired) electrons. The Morgan fingerprint density at radius 1 is 1.41 bits per heavy atom. The number of hydrogen-bond acceptors (Lipinski definition) is 4. The average molecular weight is 326 g/mol.